The van der Waals surface area contributed by atoms with Gasteiger partial charge in [0.1, 0.15) is 6.04 Å². The lowest BCUT2D eigenvalue weighted by Crippen LogP contribution is -2.29. The van der Waals surface area contributed by atoms with Gasteiger partial charge in [0.15, 0.2) is 0 Å². The Kier molecular flexibility index (Phi) is 7.23. The van der Waals surface area contributed by atoms with Crippen LogP contribution in [0.2, 0.25) is 0 Å². The maximum Gasteiger partial charge on any atom is 0.418 e. The molecule has 1 fully saturated rings. The van der Waals surface area contributed by atoms with Crippen molar-refractivity contribution in [3.05, 3.63) is 89.5 Å². The number of nitrogens with one attached hydrogen (secondary N) is 2. The van der Waals surface area contributed by atoms with E-state index in [1.54, 1.807) is 48.5 Å². The summed E-state index contributed by atoms with van der Waals surface area (Å²) in [6, 6.07) is 18.1. The molecule has 0 bridgehead atoms. The number of alkyl halides is 3. The zero-order valence-electron chi connectivity index (χ0n) is 19.1. The second-order valence-corrected chi connectivity index (χ2v) is 10.4. The molecule has 7 nitrogen and oxygen atoms in total. The summed E-state index contributed by atoms with van der Waals surface area (Å²) in [7, 11) is -3.82. The van der Waals surface area contributed by atoms with Crippen LogP contribution in [-0.2, 0) is 27.5 Å². The van der Waals surface area contributed by atoms with Gasteiger partial charge in [0.25, 0.3) is 5.91 Å². The standard InChI is InChI=1S/C25H25F3N4O3S/c26-25(27,28)21-15-20(10-11-22(21)32-12-5-13-36(32,34)35)31-24(33)23(18-7-2-1-3-8-18)30-19-9-4-6-17(14-19)16-29/h1-4,6-11,14-15,23,30H,5,12-13,16,29H2,(H,31,33). The van der Waals surface area contributed by atoms with Gasteiger partial charge in [-0.05, 0) is 47.9 Å². The third kappa shape index (κ3) is 5.63. The molecule has 0 aliphatic carbocycles. The molecule has 1 atom stereocenters. The van der Waals surface area contributed by atoms with Gasteiger partial charge >= 0.3 is 6.18 Å². The van der Waals surface area contributed by atoms with E-state index in [-0.39, 0.29) is 24.4 Å². The molecule has 1 unspecified atom stereocenters. The summed E-state index contributed by atoms with van der Waals surface area (Å²) in [6.45, 7) is 0.274. The van der Waals surface area contributed by atoms with Crippen LogP contribution < -0.4 is 20.7 Å². The Morgan fingerprint density at radius 3 is 2.39 bits per heavy atom. The lowest BCUT2D eigenvalue weighted by atomic mass is 10.0. The second-order valence-electron chi connectivity index (χ2n) is 8.35. The highest BCUT2D eigenvalue weighted by molar-refractivity contribution is 7.93. The fourth-order valence-electron chi connectivity index (χ4n) is 4.08. The van der Waals surface area contributed by atoms with Gasteiger partial charge in [-0.15, -0.1) is 0 Å². The van der Waals surface area contributed by atoms with Crippen LogP contribution >= 0.6 is 0 Å². The van der Waals surface area contributed by atoms with E-state index < -0.39 is 39.4 Å². The Hall–Kier alpha value is -3.57. The molecule has 1 aliphatic rings. The predicted octanol–water partition coefficient (Wildman–Crippen LogP) is 4.50. The number of hydrogen-bond acceptors (Lipinski definition) is 5. The van der Waals surface area contributed by atoms with Crippen LogP contribution in [0.25, 0.3) is 0 Å². The van der Waals surface area contributed by atoms with Gasteiger partial charge in [0.2, 0.25) is 10.0 Å². The summed E-state index contributed by atoms with van der Waals surface area (Å²) in [6.07, 6.45) is -4.58. The van der Waals surface area contributed by atoms with Crippen molar-refractivity contribution in [2.75, 3.05) is 27.2 Å². The van der Waals surface area contributed by atoms with Crippen molar-refractivity contribution >= 4 is 33.0 Å². The molecule has 1 aliphatic heterocycles. The van der Waals surface area contributed by atoms with Gasteiger partial charge in [-0.1, -0.05) is 42.5 Å². The van der Waals surface area contributed by atoms with Crippen LogP contribution in [0.5, 0.6) is 0 Å². The average molecular weight is 519 g/mol. The van der Waals surface area contributed by atoms with E-state index >= 15 is 0 Å². The van der Waals surface area contributed by atoms with Gasteiger partial charge in [-0.3, -0.25) is 9.10 Å². The minimum atomic E-state index is -4.83. The van der Waals surface area contributed by atoms with E-state index in [9.17, 15) is 26.4 Å². The monoisotopic (exact) mass is 518 g/mol. The van der Waals surface area contributed by atoms with Crippen molar-refractivity contribution in [1.82, 2.24) is 0 Å². The number of sulfonamides is 1. The molecule has 11 heteroatoms. The zero-order chi connectivity index (χ0) is 25.9. The molecule has 3 aromatic carbocycles. The number of amides is 1. The average Bonchev–Trinajstić information content (AvgIpc) is 3.21. The number of carbonyl (C=O) groups is 1. The van der Waals surface area contributed by atoms with E-state index in [4.69, 9.17) is 5.73 Å². The Morgan fingerprint density at radius 2 is 1.75 bits per heavy atom. The van der Waals surface area contributed by atoms with Crippen LogP contribution in [0.4, 0.5) is 30.2 Å². The molecular formula is C25H25F3N4O3S. The minimum absolute atomic E-state index is 0.0288. The molecule has 36 heavy (non-hydrogen) atoms. The number of benzene rings is 3. The Morgan fingerprint density at radius 1 is 1.00 bits per heavy atom. The van der Waals surface area contributed by atoms with E-state index in [1.165, 1.54) is 6.07 Å². The van der Waals surface area contributed by atoms with Crippen molar-refractivity contribution in [1.29, 1.82) is 0 Å². The number of anilines is 3. The highest BCUT2D eigenvalue weighted by Crippen LogP contribution is 2.40. The van der Waals surface area contributed by atoms with Gasteiger partial charge in [-0.2, -0.15) is 13.2 Å². The molecule has 0 radical (unpaired) electrons. The van der Waals surface area contributed by atoms with Crippen molar-refractivity contribution < 1.29 is 26.4 Å². The van der Waals surface area contributed by atoms with Crippen LogP contribution in [0.15, 0.2) is 72.8 Å². The normalized spacial score (nSPS) is 15.9. The Labute approximate surface area is 207 Å². The number of hydrogen-bond donors (Lipinski definition) is 3. The van der Waals surface area contributed by atoms with Crippen LogP contribution in [0.3, 0.4) is 0 Å². The van der Waals surface area contributed by atoms with E-state index in [2.05, 4.69) is 10.6 Å². The molecule has 0 saturated carbocycles. The Balaban J connectivity index is 1.65. The summed E-state index contributed by atoms with van der Waals surface area (Å²) in [5.41, 5.74) is 6.08. The zero-order valence-corrected chi connectivity index (χ0v) is 19.9. The molecule has 1 saturated heterocycles. The van der Waals surface area contributed by atoms with E-state index in [0.717, 1.165) is 22.0 Å². The maximum atomic E-state index is 13.9. The second kappa shape index (κ2) is 10.2. The summed E-state index contributed by atoms with van der Waals surface area (Å²) in [5.74, 6) is -0.799. The SMILES string of the molecule is NCc1cccc(NC(C(=O)Nc2ccc(N3CCCS3(=O)=O)c(C(F)(F)F)c2)c2ccccc2)c1. The fourth-order valence-corrected chi connectivity index (χ4v) is 5.66. The van der Waals surface area contributed by atoms with Crippen LogP contribution in [0, 0.1) is 0 Å². The summed E-state index contributed by atoms with van der Waals surface area (Å²) in [4.78, 5) is 13.3. The molecule has 0 spiro atoms. The third-order valence-electron chi connectivity index (χ3n) is 5.81. The van der Waals surface area contributed by atoms with Crippen molar-refractivity contribution in [2.45, 2.75) is 25.2 Å². The van der Waals surface area contributed by atoms with Crippen molar-refractivity contribution in [2.24, 2.45) is 5.73 Å². The number of nitrogens with two attached hydrogens (primary N) is 1. The fraction of sp³-hybridized carbons (Fsp3) is 0.240. The molecule has 4 rings (SSSR count). The minimum Gasteiger partial charge on any atom is -0.370 e. The number of halogens is 3. The molecule has 3 aromatic rings. The quantitative estimate of drug-likeness (QED) is 0.427. The lowest BCUT2D eigenvalue weighted by molar-refractivity contribution is -0.137. The highest BCUT2D eigenvalue weighted by Gasteiger charge is 2.39. The summed E-state index contributed by atoms with van der Waals surface area (Å²) in [5, 5.41) is 5.67. The summed E-state index contributed by atoms with van der Waals surface area (Å²) < 4.78 is 67.0. The van der Waals surface area contributed by atoms with Crippen LogP contribution in [0.1, 0.15) is 29.2 Å². The first-order chi connectivity index (χ1) is 17.1. The van der Waals surface area contributed by atoms with Crippen molar-refractivity contribution in [3.63, 3.8) is 0 Å². The molecule has 1 heterocycles. The van der Waals surface area contributed by atoms with Gasteiger partial charge < -0.3 is 16.4 Å². The van der Waals surface area contributed by atoms with E-state index in [1.807, 2.05) is 6.07 Å². The summed E-state index contributed by atoms with van der Waals surface area (Å²) >= 11 is 0. The van der Waals surface area contributed by atoms with Gasteiger partial charge in [0, 0.05) is 24.5 Å². The first kappa shape index (κ1) is 25.5. The molecule has 0 aromatic heterocycles. The number of rotatable bonds is 7. The first-order valence-electron chi connectivity index (χ1n) is 11.2. The molecule has 190 valence electrons. The van der Waals surface area contributed by atoms with Crippen molar-refractivity contribution in [3.8, 4) is 0 Å². The first-order valence-corrected chi connectivity index (χ1v) is 12.8. The van der Waals surface area contributed by atoms with Crippen LogP contribution in [-0.4, -0.2) is 26.6 Å². The Bertz CT molecular complexity index is 1350. The number of nitrogens with zero attached hydrogens (tertiary/aromatic N) is 1. The lowest BCUT2D eigenvalue weighted by Gasteiger charge is -2.24. The third-order valence-corrected chi connectivity index (χ3v) is 7.66. The molecule has 4 N–H and O–H groups in total. The van der Waals surface area contributed by atoms with Gasteiger partial charge in [0.05, 0.1) is 17.0 Å². The molecule has 1 amide bonds. The predicted molar refractivity (Wildman–Crippen MR) is 133 cm³/mol. The maximum absolute atomic E-state index is 13.9. The smallest absolute Gasteiger partial charge is 0.370 e. The highest BCUT2D eigenvalue weighted by atomic mass is 32.2. The largest absolute Gasteiger partial charge is 0.418 e. The van der Waals surface area contributed by atoms with E-state index in [0.29, 0.717) is 17.8 Å². The number of carbonyl (C=O) groups excluding carboxylic acids is 1. The topological polar surface area (TPSA) is 105 Å². The molecular weight excluding hydrogens is 493 g/mol. The van der Waals surface area contributed by atoms with Gasteiger partial charge in [-0.25, -0.2) is 8.42 Å².